The molecule has 0 bridgehead atoms. The van der Waals surface area contributed by atoms with Gasteiger partial charge in [0.25, 0.3) is 0 Å². The number of rotatable bonds is 3. The Labute approximate surface area is 123 Å². The molecule has 0 aliphatic heterocycles. The second kappa shape index (κ2) is 6.09. The van der Waals surface area contributed by atoms with E-state index in [1.54, 1.807) is 6.07 Å². The number of carbonyl (C=O) groups is 1. The van der Waals surface area contributed by atoms with E-state index >= 15 is 0 Å². The number of carbonyl (C=O) groups excluding carboxylic acids is 1. The summed E-state index contributed by atoms with van der Waals surface area (Å²) in [5.74, 6) is 0.541. The smallest absolute Gasteiger partial charge is 0.410 e. The molecule has 1 amide bonds. The Hall–Kier alpha value is -2.81. The molecule has 0 unspecified atom stereocenters. The van der Waals surface area contributed by atoms with Crippen LogP contribution < -0.4 is 10.1 Å². The van der Waals surface area contributed by atoms with E-state index in [-0.39, 0.29) is 0 Å². The molecule has 0 fully saturated rings. The van der Waals surface area contributed by atoms with Gasteiger partial charge in [-0.3, -0.25) is 0 Å². The van der Waals surface area contributed by atoms with Crippen molar-refractivity contribution in [3.8, 4) is 5.75 Å². The predicted octanol–water partition coefficient (Wildman–Crippen LogP) is 4.13. The lowest BCUT2D eigenvalue weighted by Gasteiger charge is -2.07. The van der Waals surface area contributed by atoms with Crippen LogP contribution in [-0.4, -0.2) is 6.09 Å². The Bertz CT molecular complexity index is 753. The van der Waals surface area contributed by atoms with Gasteiger partial charge in [0.1, 0.15) is 5.75 Å². The van der Waals surface area contributed by atoms with Crippen LogP contribution in [0, 0.1) is 0 Å². The van der Waals surface area contributed by atoms with Crippen LogP contribution in [0.25, 0.3) is 10.8 Å². The molecule has 0 aliphatic carbocycles. The molecular weight excluding hydrogens is 262 g/mol. The van der Waals surface area contributed by atoms with Crippen LogP contribution in [-0.2, 0) is 6.54 Å². The van der Waals surface area contributed by atoms with Crippen molar-refractivity contribution in [3.05, 3.63) is 78.4 Å². The number of nitrogens with one attached hydrogen (secondary N) is 1. The van der Waals surface area contributed by atoms with Gasteiger partial charge in [-0.25, -0.2) is 4.79 Å². The Morgan fingerprint density at radius 3 is 2.38 bits per heavy atom. The van der Waals surface area contributed by atoms with Crippen molar-refractivity contribution < 1.29 is 9.53 Å². The molecule has 0 spiro atoms. The lowest BCUT2D eigenvalue weighted by molar-refractivity contribution is 0.200. The Kier molecular flexibility index (Phi) is 3.83. The van der Waals surface area contributed by atoms with E-state index in [2.05, 4.69) is 5.32 Å². The third-order valence-electron chi connectivity index (χ3n) is 3.21. The van der Waals surface area contributed by atoms with Gasteiger partial charge in [0.15, 0.2) is 0 Å². The van der Waals surface area contributed by atoms with Crippen LogP contribution in [0.2, 0.25) is 0 Å². The van der Waals surface area contributed by atoms with Crippen LogP contribution in [0.3, 0.4) is 0 Å². The van der Waals surface area contributed by atoms with Gasteiger partial charge in [-0.1, -0.05) is 60.7 Å². The van der Waals surface area contributed by atoms with Gasteiger partial charge in [-0.15, -0.1) is 0 Å². The number of amides is 1. The van der Waals surface area contributed by atoms with Crippen LogP contribution in [0.15, 0.2) is 72.8 Å². The summed E-state index contributed by atoms with van der Waals surface area (Å²) in [6.07, 6.45) is -0.450. The molecule has 3 rings (SSSR count). The normalized spacial score (nSPS) is 10.3. The average Bonchev–Trinajstić information content (AvgIpc) is 2.54. The molecule has 3 heteroatoms. The largest absolute Gasteiger partial charge is 0.412 e. The lowest BCUT2D eigenvalue weighted by Crippen LogP contribution is -2.26. The molecule has 0 aromatic heterocycles. The fourth-order valence-electron chi connectivity index (χ4n) is 2.14. The molecule has 1 N–H and O–H groups in total. The number of hydrogen-bond acceptors (Lipinski definition) is 2. The van der Waals surface area contributed by atoms with E-state index in [0.29, 0.717) is 12.3 Å². The molecule has 3 aromatic carbocycles. The average molecular weight is 277 g/mol. The Morgan fingerprint density at radius 2 is 1.57 bits per heavy atom. The van der Waals surface area contributed by atoms with Crippen molar-refractivity contribution in [3.63, 3.8) is 0 Å². The monoisotopic (exact) mass is 277 g/mol. The molecule has 0 atom stereocenters. The number of hydrogen-bond donors (Lipinski definition) is 1. The molecule has 0 saturated heterocycles. The zero-order valence-electron chi connectivity index (χ0n) is 11.5. The Morgan fingerprint density at radius 1 is 0.857 bits per heavy atom. The second-order valence-electron chi connectivity index (χ2n) is 4.74. The third-order valence-corrected chi connectivity index (χ3v) is 3.21. The van der Waals surface area contributed by atoms with E-state index in [1.807, 2.05) is 66.7 Å². The maximum Gasteiger partial charge on any atom is 0.412 e. The molecule has 21 heavy (non-hydrogen) atoms. The minimum absolute atomic E-state index is 0.450. The second-order valence-corrected chi connectivity index (χ2v) is 4.74. The van der Waals surface area contributed by atoms with Gasteiger partial charge in [0.05, 0.1) is 0 Å². The standard InChI is InChI=1S/C18H15NO2/c20-18(19-13-14-6-2-1-3-7-14)21-17-11-10-15-8-4-5-9-16(15)12-17/h1-12H,13H2,(H,19,20). The summed E-state index contributed by atoms with van der Waals surface area (Å²) in [6.45, 7) is 0.452. The van der Waals surface area contributed by atoms with Gasteiger partial charge in [-0.2, -0.15) is 0 Å². The first-order chi connectivity index (χ1) is 10.3. The summed E-state index contributed by atoms with van der Waals surface area (Å²) in [7, 11) is 0. The van der Waals surface area contributed by atoms with Crippen LogP contribution >= 0.6 is 0 Å². The summed E-state index contributed by atoms with van der Waals surface area (Å²) in [5, 5.41) is 4.90. The predicted molar refractivity (Wildman–Crippen MR) is 83.3 cm³/mol. The van der Waals surface area contributed by atoms with Crippen molar-refractivity contribution in [1.82, 2.24) is 5.32 Å². The van der Waals surface area contributed by atoms with Gasteiger partial charge < -0.3 is 10.1 Å². The van der Waals surface area contributed by atoms with Gasteiger partial charge in [0, 0.05) is 6.54 Å². The number of fused-ring (bicyclic) bond motifs is 1. The molecule has 3 nitrogen and oxygen atoms in total. The molecule has 0 aliphatic rings. The van der Waals surface area contributed by atoms with Gasteiger partial charge in [0.2, 0.25) is 0 Å². The quantitative estimate of drug-likeness (QED) is 0.781. The molecule has 0 radical (unpaired) electrons. The third kappa shape index (κ3) is 3.39. The SMILES string of the molecule is O=C(NCc1ccccc1)Oc1ccc2ccccc2c1. The van der Waals surface area contributed by atoms with Crippen molar-refractivity contribution in [2.24, 2.45) is 0 Å². The maximum atomic E-state index is 11.8. The van der Waals surface area contributed by atoms with E-state index < -0.39 is 6.09 Å². The van der Waals surface area contributed by atoms with Crippen LogP contribution in [0.1, 0.15) is 5.56 Å². The maximum absolute atomic E-state index is 11.8. The van der Waals surface area contributed by atoms with E-state index in [4.69, 9.17) is 4.74 Å². The summed E-state index contributed by atoms with van der Waals surface area (Å²) >= 11 is 0. The minimum Gasteiger partial charge on any atom is -0.410 e. The van der Waals surface area contributed by atoms with E-state index in [9.17, 15) is 4.79 Å². The zero-order chi connectivity index (χ0) is 14.5. The lowest BCUT2D eigenvalue weighted by atomic mass is 10.1. The van der Waals surface area contributed by atoms with Crippen molar-refractivity contribution in [2.45, 2.75) is 6.54 Å². The highest BCUT2D eigenvalue weighted by atomic mass is 16.6. The highest BCUT2D eigenvalue weighted by Crippen LogP contribution is 2.20. The van der Waals surface area contributed by atoms with E-state index in [1.165, 1.54) is 0 Å². The first-order valence-electron chi connectivity index (χ1n) is 6.80. The van der Waals surface area contributed by atoms with Gasteiger partial charge in [-0.05, 0) is 28.5 Å². The minimum atomic E-state index is -0.450. The fraction of sp³-hybridized carbons (Fsp3) is 0.0556. The van der Waals surface area contributed by atoms with Gasteiger partial charge >= 0.3 is 6.09 Å². The summed E-state index contributed by atoms with van der Waals surface area (Å²) in [5.41, 5.74) is 1.04. The van der Waals surface area contributed by atoms with Crippen LogP contribution in [0.5, 0.6) is 5.75 Å². The zero-order valence-corrected chi connectivity index (χ0v) is 11.5. The number of ether oxygens (including phenoxy) is 1. The van der Waals surface area contributed by atoms with Crippen LogP contribution in [0.4, 0.5) is 4.79 Å². The molecule has 0 saturated carbocycles. The van der Waals surface area contributed by atoms with Crippen molar-refractivity contribution >= 4 is 16.9 Å². The fourth-order valence-corrected chi connectivity index (χ4v) is 2.14. The molecule has 3 aromatic rings. The van der Waals surface area contributed by atoms with E-state index in [0.717, 1.165) is 16.3 Å². The molecule has 104 valence electrons. The topological polar surface area (TPSA) is 38.3 Å². The summed E-state index contributed by atoms with van der Waals surface area (Å²) < 4.78 is 5.29. The van der Waals surface area contributed by atoms with Crippen molar-refractivity contribution in [1.29, 1.82) is 0 Å². The highest BCUT2D eigenvalue weighted by molar-refractivity contribution is 5.84. The summed E-state index contributed by atoms with van der Waals surface area (Å²) in [4.78, 5) is 11.8. The number of benzene rings is 3. The first-order valence-corrected chi connectivity index (χ1v) is 6.80. The highest BCUT2D eigenvalue weighted by Gasteiger charge is 2.04. The summed E-state index contributed by atoms with van der Waals surface area (Å²) in [6, 6.07) is 23.3. The molecule has 0 heterocycles. The Balaban J connectivity index is 1.63. The molecular formula is C18H15NO2. The van der Waals surface area contributed by atoms with Crippen molar-refractivity contribution in [2.75, 3.05) is 0 Å². The first kappa shape index (κ1) is 13.2.